The van der Waals surface area contributed by atoms with Crippen LogP contribution >= 0.6 is 0 Å². The highest BCUT2D eigenvalue weighted by Crippen LogP contribution is 2.31. The van der Waals surface area contributed by atoms with Gasteiger partial charge in [0, 0.05) is 6.08 Å². The van der Waals surface area contributed by atoms with Crippen molar-refractivity contribution in [3.05, 3.63) is 29.8 Å². The van der Waals surface area contributed by atoms with Gasteiger partial charge in [-0.05, 0) is 37.6 Å². The summed E-state index contributed by atoms with van der Waals surface area (Å²) in [5.41, 5.74) is 0.598. The molecule has 2 atom stereocenters. The molecule has 8 heteroatoms. The molecule has 1 rings (SSSR count). The van der Waals surface area contributed by atoms with Crippen molar-refractivity contribution in [2.75, 3.05) is 21.3 Å². The van der Waals surface area contributed by atoms with Crippen LogP contribution in [0.1, 0.15) is 19.4 Å². The maximum absolute atomic E-state index is 11.6. The first-order chi connectivity index (χ1) is 12.3. The number of ether oxygens (including phenoxy) is 5. The molecule has 8 nitrogen and oxygen atoms in total. The quantitative estimate of drug-likeness (QED) is 0.390. The van der Waals surface area contributed by atoms with Gasteiger partial charge in [0.1, 0.15) is 0 Å². The van der Waals surface area contributed by atoms with Crippen molar-refractivity contribution in [1.29, 1.82) is 0 Å². The smallest absolute Gasteiger partial charge is 0.346 e. The number of hydrogen-bond acceptors (Lipinski definition) is 8. The third-order valence-corrected chi connectivity index (χ3v) is 3.25. The average Bonchev–Trinajstić information content (AvgIpc) is 2.65. The number of rotatable bonds is 8. The fourth-order valence-electron chi connectivity index (χ4n) is 1.86. The molecule has 1 aromatic carbocycles. The minimum Gasteiger partial charge on any atom is -0.475 e. The zero-order valence-electron chi connectivity index (χ0n) is 15.3. The predicted molar refractivity (Wildman–Crippen MR) is 91.7 cm³/mol. The summed E-state index contributed by atoms with van der Waals surface area (Å²) in [4.78, 5) is 34.4. The Morgan fingerprint density at radius 1 is 0.846 bits per heavy atom. The van der Waals surface area contributed by atoms with Crippen LogP contribution in [0.15, 0.2) is 24.3 Å². The van der Waals surface area contributed by atoms with Crippen LogP contribution in [0.3, 0.4) is 0 Å². The molecule has 26 heavy (non-hydrogen) atoms. The maximum Gasteiger partial charge on any atom is 0.346 e. The summed E-state index contributed by atoms with van der Waals surface area (Å²) in [5, 5.41) is 0. The van der Waals surface area contributed by atoms with E-state index in [4.69, 9.17) is 9.47 Å². The van der Waals surface area contributed by atoms with Gasteiger partial charge in [0.2, 0.25) is 0 Å². The van der Waals surface area contributed by atoms with Gasteiger partial charge in [0.25, 0.3) is 0 Å². The number of carbonyl (C=O) groups is 3. The van der Waals surface area contributed by atoms with E-state index in [9.17, 15) is 14.4 Å². The summed E-state index contributed by atoms with van der Waals surface area (Å²) in [5.74, 6) is -1.23. The standard InChI is InChI=1S/C18H22O8/c1-11(17(20)23-4)25-14-8-6-13(7-9-16(19)22-3)10-15(14)26-12(2)18(21)24-5/h6-12H,1-5H3/b9-7+. The highest BCUT2D eigenvalue weighted by Gasteiger charge is 2.21. The maximum atomic E-state index is 11.6. The van der Waals surface area contributed by atoms with Crippen LogP contribution in [0.25, 0.3) is 6.08 Å². The monoisotopic (exact) mass is 366 g/mol. The summed E-state index contributed by atoms with van der Waals surface area (Å²) in [7, 11) is 3.76. The molecule has 0 heterocycles. The molecule has 2 unspecified atom stereocenters. The van der Waals surface area contributed by atoms with Gasteiger partial charge in [0.05, 0.1) is 21.3 Å². The van der Waals surface area contributed by atoms with E-state index in [2.05, 4.69) is 14.2 Å². The third-order valence-electron chi connectivity index (χ3n) is 3.25. The Hall–Kier alpha value is -3.03. The molecule has 0 aliphatic rings. The topological polar surface area (TPSA) is 97.4 Å². The highest BCUT2D eigenvalue weighted by molar-refractivity contribution is 5.87. The number of hydrogen-bond donors (Lipinski definition) is 0. The van der Waals surface area contributed by atoms with E-state index in [1.807, 2.05) is 0 Å². The summed E-state index contributed by atoms with van der Waals surface area (Å²) >= 11 is 0. The summed E-state index contributed by atoms with van der Waals surface area (Å²) in [6.07, 6.45) is 0.956. The van der Waals surface area contributed by atoms with Crippen molar-refractivity contribution >= 4 is 24.0 Å². The molecule has 0 spiro atoms. The van der Waals surface area contributed by atoms with Crippen LogP contribution in [-0.2, 0) is 28.6 Å². The van der Waals surface area contributed by atoms with Crippen molar-refractivity contribution in [3.8, 4) is 11.5 Å². The Bertz CT molecular complexity index is 680. The summed E-state index contributed by atoms with van der Waals surface area (Å²) in [6, 6.07) is 4.75. The van der Waals surface area contributed by atoms with Crippen LogP contribution in [0.5, 0.6) is 11.5 Å². The van der Waals surface area contributed by atoms with Crippen molar-refractivity contribution in [1.82, 2.24) is 0 Å². The lowest BCUT2D eigenvalue weighted by atomic mass is 10.2. The van der Waals surface area contributed by atoms with Gasteiger partial charge in [-0.1, -0.05) is 6.07 Å². The van der Waals surface area contributed by atoms with Crippen LogP contribution in [-0.4, -0.2) is 51.4 Å². The molecule has 0 bridgehead atoms. The van der Waals surface area contributed by atoms with E-state index >= 15 is 0 Å². The van der Waals surface area contributed by atoms with Gasteiger partial charge < -0.3 is 23.7 Å². The predicted octanol–water partition coefficient (Wildman–Crippen LogP) is 1.75. The molecular formula is C18H22O8. The molecule has 0 radical (unpaired) electrons. The number of esters is 3. The van der Waals surface area contributed by atoms with Crippen LogP contribution < -0.4 is 9.47 Å². The first kappa shape index (κ1) is 21.0. The van der Waals surface area contributed by atoms with E-state index in [1.54, 1.807) is 18.2 Å². The molecule has 0 aliphatic carbocycles. The lowest BCUT2D eigenvalue weighted by molar-refractivity contribution is -0.149. The number of carbonyl (C=O) groups excluding carboxylic acids is 3. The fraction of sp³-hybridized carbons (Fsp3) is 0.389. The molecule has 142 valence electrons. The van der Waals surface area contributed by atoms with Gasteiger partial charge in [-0.3, -0.25) is 0 Å². The molecule has 0 amide bonds. The van der Waals surface area contributed by atoms with Gasteiger partial charge >= 0.3 is 17.9 Å². The molecule has 0 aliphatic heterocycles. The lowest BCUT2D eigenvalue weighted by Gasteiger charge is -2.19. The second kappa shape index (κ2) is 10.1. The lowest BCUT2D eigenvalue weighted by Crippen LogP contribution is -2.27. The summed E-state index contributed by atoms with van der Waals surface area (Å²) in [6.45, 7) is 3.03. The van der Waals surface area contributed by atoms with Crippen molar-refractivity contribution in [2.24, 2.45) is 0 Å². The van der Waals surface area contributed by atoms with Crippen molar-refractivity contribution in [2.45, 2.75) is 26.1 Å². The van der Waals surface area contributed by atoms with Crippen molar-refractivity contribution in [3.63, 3.8) is 0 Å². The SMILES string of the molecule is COC(=O)/C=C/c1ccc(OC(C)C(=O)OC)c(OC(C)C(=O)OC)c1. The van der Waals surface area contributed by atoms with E-state index in [-0.39, 0.29) is 11.5 Å². The third kappa shape index (κ3) is 6.12. The average molecular weight is 366 g/mol. The Kier molecular flexibility index (Phi) is 8.14. The molecular weight excluding hydrogens is 344 g/mol. The normalized spacial score (nSPS) is 12.8. The molecule has 0 N–H and O–H groups in total. The van der Waals surface area contributed by atoms with E-state index in [1.165, 1.54) is 47.3 Å². The number of benzene rings is 1. The Morgan fingerprint density at radius 3 is 1.88 bits per heavy atom. The van der Waals surface area contributed by atoms with Crippen LogP contribution in [0.4, 0.5) is 0 Å². The number of methoxy groups -OCH3 is 3. The minimum atomic E-state index is -0.907. The highest BCUT2D eigenvalue weighted by atomic mass is 16.6. The molecule has 0 saturated heterocycles. The first-order valence-corrected chi connectivity index (χ1v) is 7.71. The zero-order valence-corrected chi connectivity index (χ0v) is 15.3. The Morgan fingerprint density at radius 2 is 1.38 bits per heavy atom. The second-order valence-corrected chi connectivity index (χ2v) is 5.13. The van der Waals surface area contributed by atoms with E-state index < -0.39 is 30.1 Å². The van der Waals surface area contributed by atoms with Gasteiger partial charge in [-0.25, -0.2) is 14.4 Å². The van der Waals surface area contributed by atoms with Gasteiger partial charge in [0.15, 0.2) is 23.7 Å². The van der Waals surface area contributed by atoms with Crippen LogP contribution in [0.2, 0.25) is 0 Å². The Balaban J connectivity index is 3.14. The molecule has 0 saturated carbocycles. The molecule has 0 fully saturated rings. The minimum absolute atomic E-state index is 0.200. The zero-order chi connectivity index (χ0) is 19.7. The largest absolute Gasteiger partial charge is 0.475 e. The first-order valence-electron chi connectivity index (χ1n) is 7.71. The fourth-order valence-corrected chi connectivity index (χ4v) is 1.86. The van der Waals surface area contributed by atoms with E-state index in [0.717, 1.165) is 0 Å². The molecule has 0 aromatic heterocycles. The van der Waals surface area contributed by atoms with Gasteiger partial charge in [-0.2, -0.15) is 0 Å². The Labute approximate surface area is 151 Å². The summed E-state index contributed by atoms with van der Waals surface area (Å²) < 4.78 is 24.9. The van der Waals surface area contributed by atoms with E-state index in [0.29, 0.717) is 5.56 Å². The second-order valence-electron chi connectivity index (χ2n) is 5.13. The van der Waals surface area contributed by atoms with Crippen LogP contribution in [0, 0.1) is 0 Å². The molecule has 1 aromatic rings. The van der Waals surface area contributed by atoms with Gasteiger partial charge in [-0.15, -0.1) is 0 Å². The van der Waals surface area contributed by atoms with Crippen molar-refractivity contribution < 1.29 is 38.1 Å².